The highest BCUT2D eigenvalue weighted by molar-refractivity contribution is 5.33. The lowest BCUT2D eigenvalue weighted by Gasteiger charge is -2.05. The average Bonchev–Trinajstić information content (AvgIpc) is 3.00. The van der Waals surface area contributed by atoms with Crippen LogP contribution in [0.5, 0.6) is 0 Å². The van der Waals surface area contributed by atoms with Crippen molar-refractivity contribution in [2.24, 2.45) is 0 Å². The molecule has 5 heteroatoms. The van der Waals surface area contributed by atoms with Gasteiger partial charge < -0.3 is 15.0 Å². The van der Waals surface area contributed by atoms with E-state index in [1.807, 2.05) is 0 Å². The number of methoxy groups -OCH3 is 1. The van der Waals surface area contributed by atoms with Crippen molar-refractivity contribution in [3.05, 3.63) is 22.2 Å². The van der Waals surface area contributed by atoms with E-state index in [-0.39, 0.29) is 5.56 Å². The Labute approximate surface area is 87.9 Å². The summed E-state index contributed by atoms with van der Waals surface area (Å²) < 4.78 is 4.91. The molecule has 0 aromatic carbocycles. The minimum absolute atomic E-state index is 0.0909. The van der Waals surface area contributed by atoms with Crippen LogP contribution in [0.2, 0.25) is 0 Å². The minimum atomic E-state index is -0.0909. The summed E-state index contributed by atoms with van der Waals surface area (Å²) in [7, 11) is 1.64. The molecule has 1 heterocycles. The summed E-state index contributed by atoms with van der Waals surface area (Å²) in [6, 6.07) is 1.47. The molecule has 0 spiro atoms. The summed E-state index contributed by atoms with van der Waals surface area (Å²) in [6.45, 7) is 1.27. The zero-order valence-electron chi connectivity index (χ0n) is 8.75. The number of ether oxygens (including phenoxy) is 1. The van der Waals surface area contributed by atoms with E-state index in [0.717, 1.165) is 18.7 Å². The van der Waals surface area contributed by atoms with Gasteiger partial charge in [0.05, 0.1) is 6.61 Å². The van der Waals surface area contributed by atoms with E-state index in [0.29, 0.717) is 24.9 Å². The first-order valence-electron chi connectivity index (χ1n) is 5.13. The van der Waals surface area contributed by atoms with Gasteiger partial charge in [-0.15, -0.1) is 0 Å². The number of hydrogen-bond donors (Lipinski definition) is 2. The van der Waals surface area contributed by atoms with E-state index in [2.05, 4.69) is 15.3 Å². The molecule has 1 aromatic heterocycles. The van der Waals surface area contributed by atoms with Crippen LogP contribution in [-0.4, -0.2) is 30.2 Å². The van der Waals surface area contributed by atoms with Crippen LogP contribution in [0, 0.1) is 0 Å². The van der Waals surface area contributed by atoms with Crippen LogP contribution < -0.4 is 10.9 Å². The first-order valence-corrected chi connectivity index (χ1v) is 5.13. The molecule has 1 aliphatic rings. The Balaban J connectivity index is 2.06. The lowest BCUT2D eigenvalue weighted by molar-refractivity contribution is 0.210. The van der Waals surface area contributed by atoms with Crippen molar-refractivity contribution in [3.8, 4) is 0 Å². The zero-order valence-corrected chi connectivity index (χ0v) is 8.75. The van der Waals surface area contributed by atoms with Crippen molar-refractivity contribution in [1.29, 1.82) is 0 Å². The Morgan fingerprint density at radius 1 is 1.67 bits per heavy atom. The van der Waals surface area contributed by atoms with Crippen molar-refractivity contribution in [2.45, 2.75) is 18.8 Å². The standard InChI is InChI=1S/C10H15N3O2/c1-15-5-4-11-8-6-9(14)13-10(12-8)7-2-3-7/h6-7H,2-5H2,1H3,(H2,11,12,13,14). The van der Waals surface area contributed by atoms with Gasteiger partial charge in [-0.05, 0) is 12.8 Å². The van der Waals surface area contributed by atoms with E-state index < -0.39 is 0 Å². The van der Waals surface area contributed by atoms with Gasteiger partial charge in [0.25, 0.3) is 5.56 Å². The molecule has 0 unspecified atom stereocenters. The van der Waals surface area contributed by atoms with Crippen LogP contribution in [0.4, 0.5) is 5.82 Å². The van der Waals surface area contributed by atoms with Crippen LogP contribution in [0.3, 0.4) is 0 Å². The fourth-order valence-electron chi connectivity index (χ4n) is 1.40. The van der Waals surface area contributed by atoms with Crippen LogP contribution >= 0.6 is 0 Å². The Morgan fingerprint density at radius 3 is 3.13 bits per heavy atom. The Hall–Kier alpha value is -1.36. The summed E-state index contributed by atoms with van der Waals surface area (Å²) in [5.74, 6) is 1.90. The SMILES string of the molecule is COCCNc1cc(=O)[nH]c(C2CC2)n1. The van der Waals surface area contributed by atoms with Gasteiger partial charge in [-0.2, -0.15) is 0 Å². The van der Waals surface area contributed by atoms with Crippen LogP contribution in [-0.2, 0) is 4.74 Å². The molecular weight excluding hydrogens is 194 g/mol. The van der Waals surface area contributed by atoms with Gasteiger partial charge in [-0.3, -0.25) is 4.79 Å². The van der Waals surface area contributed by atoms with Gasteiger partial charge in [0.1, 0.15) is 11.6 Å². The molecule has 2 N–H and O–H groups in total. The van der Waals surface area contributed by atoms with Crippen molar-refractivity contribution in [3.63, 3.8) is 0 Å². The highest BCUT2D eigenvalue weighted by Crippen LogP contribution is 2.37. The molecule has 82 valence electrons. The van der Waals surface area contributed by atoms with Gasteiger partial charge in [0.2, 0.25) is 0 Å². The summed E-state index contributed by atoms with van der Waals surface area (Å²) in [4.78, 5) is 18.4. The van der Waals surface area contributed by atoms with Crippen LogP contribution in [0.25, 0.3) is 0 Å². The maximum atomic E-state index is 11.3. The third kappa shape index (κ3) is 2.79. The lowest BCUT2D eigenvalue weighted by Crippen LogP contribution is -2.15. The van der Waals surface area contributed by atoms with Gasteiger partial charge in [0, 0.05) is 25.6 Å². The number of nitrogens with one attached hydrogen (secondary N) is 2. The summed E-state index contributed by atoms with van der Waals surface area (Å²) in [6.07, 6.45) is 2.26. The normalized spacial score (nSPS) is 15.3. The van der Waals surface area contributed by atoms with Gasteiger partial charge in [0.15, 0.2) is 0 Å². The number of H-pyrrole nitrogens is 1. The third-order valence-corrected chi connectivity index (χ3v) is 2.34. The molecule has 0 aliphatic heterocycles. The number of nitrogens with zero attached hydrogens (tertiary/aromatic N) is 1. The molecule has 0 atom stereocenters. The second-order valence-corrected chi connectivity index (χ2v) is 3.71. The largest absolute Gasteiger partial charge is 0.383 e. The number of anilines is 1. The minimum Gasteiger partial charge on any atom is -0.383 e. The topological polar surface area (TPSA) is 67.0 Å². The Morgan fingerprint density at radius 2 is 2.47 bits per heavy atom. The van der Waals surface area contributed by atoms with Crippen LogP contribution in [0.15, 0.2) is 10.9 Å². The molecule has 1 saturated carbocycles. The van der Waals surface area contributed by atoms with E-state index >= 15 is 0 Å². The molecule has 0 bridgehead atoms. The van der Waals surface area contributed by atoms with Gasteiger partial charge >= 0.3 is 0 Å². The van der Waals surface area contributed by atoms with Crippen molar-refractivity contribution in [1.82, 2.24) is 9.97 Å². The number of aromatic amines is 1. The van der Waals surface area contributed by atoms with Crippen molar-refractivity contribution in [2.75, 3.05) is 25.6 Å². The summed E-state index contributed by atoms with van der Waals surface area (Å²) in [5, 5.41) is 3.05. The molecule has 1 aliphatic carbocycles. The van der Waals surface area contributed by atoms with E-state index in [9.17, 15) is 4.79 Å². The van der Waals surface area contributed by atoms with Gasteiger partial charge in [-0.25, -0.2) is 4.98 Å². The molecule has 0 radical (unpaired) electrons. The highest BCUT2D eigenvalue weighted by Gasteiger charge is 2.26. The van der Waals surface area contributed by atoms with Crippen molar-refractivity contribution < 1.29 is 4.74 Å². The number of rotatable bonds is 5. The first-order chi connectivity index (χ1) is 7.29. The summed E-state index contributed by atoms with van der Waals surface area (Å²) in [5.41, 5.74) is -0.0909. The van der Waals surface area contributed by atoms with E-state index in [4.69, 9.17) is 4.74 Å². The third-order valence-electron chi connectivity index (χ3n) is 2.34. The second-order valence-electron chi connectivity index (χ2n) is 3.71. The molecule has 0 saturated heterocycles. The maximum Gasteiger partial charge on any atom is 0.252 e. The van der Waals surface area contributed by atoms with Crippen molar-refractivity contribution >= 4 is 5.82 Å². The first kappa shape index (κ1) is 10.2. The molecular formula is C10H15N3O2. The predicted octanol–water partition coefficient (Wildman–Crippen LogP) is 0.706. The number of aromatic nitrogens is 2. The molecule has 2 rings (SSSR count). The predicted molar refractivity (Wildman–Crippen MR) is 57.2 cm³/mol. The smallest absolute Gasteiger partial charge is 0.252 e. The quantitative estimate of drug-likeness (QED) is 0.701. The molecule has 15 heavy (non-hydrogen) atoms. The monoisotopic (exact) mass is 209 g/mol. The zero-order chi connectivity index (χ0) is 10.7. The Bertz CT molecular complexity index is 384. The molecule has 1 aromatic rings. The Kier molecular flexibility index (Phi) is 3.01. The molecule has 1 fully saturated rings. The number of hydrogen-bond acceptors (Lipinski definition) is 4. The van der Waals surface area contributed by atoms with Gasteiger partial charge in [-0.1, -0.05) is 0 Å². The molecule has 0 amide bonds. The second kappa shape index (κ2) is 4.44. The molecule has 5 nitrogen and oxygen atoms in total. The summed E-state index contributed by atoms with van der Waals surface area (Å²) >= 11 is 0. The van der Waals surface area contributed by atoms with E-state index in [1.165, 1.54) is 6.07 Å². The van der Waals surface area contributed by atoms with Crippen LogP contribution in [0.1, 0.15) is 24.6 Å². The lowest BCUT2D eigenvalue weighted by atomic mass is 10.4. The fraction of sp³-hybridized carbons (Fsp3) is 0.600. The van der Waals surface area contributed by atoms with E-state index in [1.54, 1.807) is 7.11 Å². The highest BCUT2D eigenvalue weighted by atomic mass is 16.5. The average molecular weight is 209 g/mol. The fourth-order valence-corrected chi connectivity index (χ4v) is 1.40. The maximum absolute atomic E-state index is 11.3.